The first kappa shape index (κ1) is 31.0. The number of nitrogens with zero attached hydrogens (tertiary/aromatic N) is 2. The third-order valence-electron chi connectivity index (χ3n) is 6.33. The minimum absolute atomic E-state index is 0.0534. The average molecular weight is 547 g/mol. The molecule has 1 saturated heterocycles. The zero-order valence-corrected chi connectivity index (χ0v) is 21.8. The summed E-state index contributed by atoms with van der Waals surface area (Å²) < 4.78 is 0. The van der Waals surface area contributed by atoms with Crippen molar-refractivity contribution in [2.24, 2.45) is 27.9 Å². The second-order valence-corrected chi connectivity index (χ2v) is 9.40. The first-order valence-corrected chi connectivity index (χ1v) is 12.8. The molecule has 0 aliphatic carbocycles. The Morgan fingerprint density at radius 3 is 2.33 bits per heavy atom. The highest BCUT2D eigenvalue weighted by molar-refractivity contribution is 5.94. The molecule has 1 aliphatic heterocycles. The third-order valence-corrected chi connectivity index (χ3v) is 6.33. The topological polar surface area (TPSA) is 249 Å². The second kappa shape index (κ2) is 15.3. The molecular formula is C25H38N8O6. The molecule has 1 aliphatic rings. The SMILES string of the molecule is NC(=O)CCC(N)C(=O)N1CCCC1C(=O)NC(Cc1ccccc1)C(=O)NC(CCCN=C(N)N)C(=O)O. The van der Waals surface area contributed by atoms with E-state index in [-0.39, 0.29) is 38.2 Å². The highest BCUT2D eigenvalue weighted by Gasteiger charge is 2.38. The van der Waals surface area contributed by atoms with Crippen LogP contribution in [0, 0.1) is 0 Å². The van der Waals surface area contributed by atoms with Gasteiger partial charge in [-0.05, 0) is 37.7 Å². The fourth-order valence-electron chi connectivity index (χ4n) is 4.30. The Balaban J connectivity index is 2.14. The standard InChI is InChI=1S/C25H38N8O6/c26-16(10-11-20(27)34)23(37)33-13-5-9-19(33)22(36)32-18(14-15-6-2-1-3-7-15)21(35)31-17(24(38)39)8-4-12-30-25(28)29/h1-3,6-7,16-19H,4-5,8-14,26H2,(H2,27,34)(H,31,35)(H,32,36)(H,38,39)(H4,28,29,30). The number of nitrogens with two attached hydrogens (primary N) is 4. The molecule has 1 aromatic carbocycles. The van der Waals surface area contributed by atoms with E-state index in [0.29, 0.717) is 25.8 Å². The van der Waals surface area contributed by atoms with Crippen LogP contribution in [0.1, 0.15) is 44.1 Å². The molecule has 14 nitrogen and oxygen atoms in total. The number of carbonyl (C=O) groups is 5. The van der Waals surface area contributed by atoms with Gasteiger partial charge < -0.3 is 43.6 Å². The highest BCUT2D eigenvalue weighted by Crippen LogP contribution is 2.20. The van der Waals surface area contributed by atoms with Crippen LogP contribution in [0.5, 0.6) is 0 Å². The van der Waals surface area contributed by atoms with E-state index in [1.165, 1.54) is 4.90 Å². The number of likely N-dealkylation sites (tertiary alicyclic amines) is 1. The number of hydrogen-bond donors (Lipinski definition) is 7. The monoisotopic (exact) mass is 546 g/mol. The van der Waals surface area contributed by atoms with Gasteiger partial charge in [0.1, 0.15) is 18.1 Å². The Labute approximate surface area is 226 Å². The van der Waals surface area contributed by atoms with Crippen molar-refractivity contribution in [3.05, 3.63) is 35.9 Å². The van der Waals surface area contributed by atoms with Crippen molar-refractivity contribution in [2.45, 2.75) is 69.1 Å². The molecule has 1 heterocycles. The van der Waals surface area contributed by atoms with Crippen LogP contribution in [0.3, 0.4) is 0 Å². The molecule has 1 aromatic rings. The number of aliphatic carboxylic acids is 1. The van der Waals surface area contributed by atoms with Crippen LogP contribution < -0.4 is 33.6 Å². The number of carbonyl (C=O) groups excluding carboxylic acids is 4. The Kier molecular flexibility index (Phi) is 12.1. The van der Waals surface area contributed by atoms with E-state index in [4.69, 9.17) is 22.9 Å². The van der Waals surface area contributed by atoms with E-state index < -0.39 is 53.8 Å². The molecule has 0 spiro atoms. The van der Waals surface area contributed by atoms with Crippen molar-refractivity contribution in [1.29, 1.82) is 0 Å². The van der Waals surface area contributed by atoms with Crippen LogP contribution in [-0.4, -0.2) is 82.8 Å². The molecule has 39 heavy (non-hydrogen) atoms. The van der Waals surface area contributed by atoms with Gasteiger partial charge in [0.15, 0.2) is 5.96 Å². The number of aliphatic imine (C=N–C) groups is 1. The summed E-state index contributed by atoms with van der Waals surface area (Å²) in [6, 6.07) is 4.72. The van der Waals surface area contributed by atoms with E-state index >= 15 is 0 Å². The zero-order valence-electron chi connectivity index (χ0n) is 21.8. The van der Waals surface area contributed by atoms with E-state index in [0.717, 1.165) is 5.56 Å². The quantitative estimate of drug-likeness (QED) is 0.0723. The Hall–Kier alpha value is -4.20. The summed E-state index contributed by atoms with van der Waals surface area (Å²) in [5.41, 5.74) is 22.4. The summed E-state index contributed by atoms with van der Waals surface area (Å²) in [5.74, 6) is -3.67. The third kappa shape index (κ3) is 10.2. The van der Waals surface area contributed by atoms with E-state index in [1.54, 1.807) is 30.3 Å². The van der Waals surface area contributed by atoms with Gasteiger partial charge in [-0.1, -0.05) is 30.3 Å². The molecule has 0 radical (unpaired) electrons. The van der Waals surface area contributed by atoms with E-state index in [9.17, 15) is 29.1 Å². The molecule has 14 heteroatoms. The van der Waals surface area contributed by atoms with Gasteiger partial charge in [-0.3, -0.25) is 24.2 Å². The summed E-state index contributed by atoms with van der Waals surface area (Å²) >= 11 is 0. The van der Waals surface area contributed by atoms with E-state index in [1.807, 2.05) is 0 Å². The lowest BCUT2D eigenvalue weighted by atomic mass is 10.0. The predicted octanol–water partition coefficient (Wildman–Crippen LogP) is -2.08. The van der Waals surface area contributed by atoms with Crippen LogP contribution >= 0.6 is 0 Å². The molecule has 214 valence electrons. The number of rotatable bonds is 15. The molecule has 4 amide bonds. The van der Waals surface area contributed by atoms with Crippen molar-refractivity contribution in [2.75, 3.05) is 13.1 Å². The summed E-state index contributed by atoms with van der Waals surface area (Å²) in [7, 11) is 0. The number of nitrogens with one attached hydrogen (secondary N) is 2. The maximum atomic E-state index is 13.3. The number of amides is 4. The van der Waals surface area contributed by atoms with Crippen molar-refractivity contribution in [1.82, 2.24) is 15.5 Å². The number of primary amides is 1. The molecule has 4 unspecified atom stereocenters. The lowest BCUT2D eigenvalue weighted by Gasteiger charge is -2.28. The van der Waals surface area contributed by atoms with Gasteiger partial charge in [-0.25, -0.2) is 4.79 Å². The van der Waals surface area contributed by atoms with Crippen LogP contribution in [0.15, 0.2) is 35.3 Å². The van der Waals surface area contributed by atoms with Crippen LogP contribution in [0.4, 0.5) is 0 Å². The van der Waals surface area contributed by atoms with Gasteiger partial charge >= 0.3 is 5.97 Å². The largest absolute Gasteiger partial charge is 0.480 e. The molecule has 4 atom stereocenters. The predicted molar refractivity (Wildman–Crippen MR) is 143 cm³/mol. The minimum atomic E-state index is -1.24. The summed E-state index contributed by atoms with van der Waals surface area (Å²) in [4.78, 5) is 67.4. The normalized spacial score (nSPS) is 16.9. The molecule has 0 saturated carbocycles. The van der Waals surface area contributed by atoms with Gasteiger partial charge in [-0.15, -0.1) is 0 Å². The van der Waals surface area contributed by atoms with Gasteiger partial charge in [0.2, 0.25) is 23.6 Å². The lowest BCUT2D eigenvalue weighted by Crippen LogP contribution is -2.57. The van der Waals surface area contributed by atoms with E-state index in [2.05, 4.69) is 15.6 Å². The van der Waals surface area contributed by atoms with Crippen LogP contribution in [0.25, 0.3) is 0 Å². The second-order valence-electron chi connectivity index (χ2n) is 9.40. The van der Waals surface area contributed by atoms with Gasteiger partial charge in [0, 0.05) is 25.9 Å². The molecule has 11 N–H and O–H groups in total. The fraction of sp³-hybridized carbons (Fsp3) is 0.520. The van der Waals surface area contributed by atoms with Gasteiger partial charge in [-0.2, -0.15) is 0 Å². The van der Waals surface area contributed by atoms with Crippen LogP contribution in [0.2, 0.25) is 0 Å². The van der Waals surface area contributed by atoms with Crippen molar-refractivity contribution < 1.29 is 29.1 Å². The van der Waals surface area contributed by atoms with Gasteiger partial charge in [0.25, 0.3) is 0 Å². The maximum Gasteiger partial charge on any atom is 0.326 e. The molecule has 1 fully saturated rings. The van der Waals surface area contributed by atoms with Crippen molar-refractivity contribution in [3.63, 3.8) is 0 Å². The molecule has 0 bridgehead atoms. The average Bonchev–Trinajstić information content (AvgIpc) is 3.38. The summed E-state index contributed by atoms with van der Waals surface area (Å²) in [6.07, 6.45) is 1.38. The summed E-state index contributed by atoms with van der Waals surface area (Å²) in [6.45, 7) is 0.493. The number of carboxylic acid groups (broad SMARTS) is 1. The van der Waals surface area contributed by atoms with Crippen LogP contribution in [-0.2, 0) is 30.4 Å². The lowest BCUT2D eigenvalue weighted by molar-refractivity contribution is -0.143. The first-order valence-electron chi connectivity index (χ1n) is 12.8. The maximum absolute atomic E-state index is 13.3. The van der Waals surface area contributed by atoms with Crippen molar-refractivity contribution in [3.8, 4) is 0 Å². The Morgan fingerprint density at radius 1 is 1.03 bits per heavy atom. The first-order chi connectivity index (χ1) is 18.5. The Bertz CT molecular complexity index is 1050. The van der Waals surface area contributed by atoms with Crippen molar-refractivity contribution >= 4 is 35.6 Å². The van der Waals surface area contributed by atoms with Gasteiger partial charge in [0.05, 0.1) is 6.04 Å². The smallest absolute Gasteiger partial charge is 0.326 e. The zero-order chi connectivity index (χ0) is 28.9. The Morgan fingerprint density at radius 2 is 1.72 bits per heavy atom. The number of benzene rings is 1. The molecular weight excluding hydrogens is 508 g/mol. The number of carboxylic acids is 1. The number of hydrogen-bond acceptors (Lipinski definition) is 7. The number of guanidine groups is 1. The highest BCUT2D eigenvalue weighted by atomic mass is 16.4. The fourth-order valence-corrected chi connectivity index (χ4v) is 4.30. The molecule has 0 aromatic heterocycles. The molecule has 2 rings (SSSR count). The minimum Gasteiger partial charge on any atom is -0.480 e. The summed E-state index contributed by atoms with van der Waals surface area (Å²) in [5, 5.41) is 14.8.